The number of rotatable bonds is 2. The Kier molecular flexibility index (Phi) is 4.94. The first-order valence-corrected chi connectivity index (χ1v) is 8.93. The van der Waals surface area contributed by atoms with Crippen LogP contribution in [0.5, 0.6) is 0 Å². The van der Waals surface area contributed by atoms with Crippen LogP contribution in [0.25, 0.3) is 0 Å². The number of anilines is 1. The molecular weight excluding hydrogens is 324 g/mol. The predicted molar refractivity (Wildman–Crippen MR) is 102 cm³/mol. The molecule has 1 aliphatic heterocycles. The van der Waals surface area contributed by atoms with Crippen LogP contribution in [0.15, 0.2) is 36.4 Å². The van der Waals surface area contributed by atoms with E-state index < -0.39 is 5.41 Å². The van der Waals surface area contributed by atoms with Gasteiger partial charge in [0.1, 0.15) is 0 Å². The fourth-order valence-electron chi connectivity index (χ4n) is 3.71. The van der Waals surface area contributed by atoms with Crippen molar-refractivity contribution in [3.63, 3.8) is 0 Å². The van der Waals surface area contributed by atoms with Gasteiger partial charge in [-0.2, -0.15) is 5.26 Å². The Morgan fingerprint density at radius 1 is 1.19 bits per heavy atom. The minimum absolute atomic E-state index is 0.124. The average Bonchev–Trinajstić information content (AvgIpc) is 2.65. The highest BCUT2D eigenvalue weighted by Gasteiger charge is 2.37. The van der Waals surface area contributed by atoms with Gasteiger partial charge >= 0.3 is 6.03 Å². The second-order valence-corrected chi connectivity index (χ2v) is 7.02. The number of nitrogens with one attached hydrogen (secondary N) is 1. The number of likely N-dealkylation sites (tertiary alicyclic amines) is 1. The van der Waals surface area contributed by atoms with Crippen LogP contribution < -0.4 is 5.32 Å². The van der Waals surface area contributed by atoms with Crippen LogP contribution in [0.3, 0.4) is 0 Å². The summed E-state index contributed by atoms with van der Waals surface area (Å²) in [5, 5.41) is 12.8. The van der Waals surface area contributed by atoms with Crippen LogP contribution in [-0.4, -0.2) is 29.0 Å². The molecule has 0 saturated carbocycles. The molecule has 5 heteroatoms. The number of carbonyl (C=O) groups excluding carboxylic acids is 1. The molecule has 0 atom stereocenters. The van der Waals surface area contributed by atoms with Gasteiger partial charge in [-0.1, -0.05) is 30.3 Å². The van der Waals surface area contributed by atoms with Crippen molar-refractivity contribution in [1.29, 1.82) is 5.26 Å². The predicted octanol–water partition coefficient (Wildman–Crippen LogP) is 4.10. The van der Waals surface area contributed by atoms with Crippen LogP contribution in [0.1, 0.15) is 35.4 Å². The van der Waals surface area contributed by atoms with E-state index in [4.69, 9.17) is 0 Å². The fourth-order valence-corrected chi connectivity index (χ4v) is 3.71. The van der Waals surface area contributed by atoms with E-state index >= 15 is 0 Å². The number of hydrogen-bond donors (Lipinski definition) is 1. The van der Waals surface area contributed by atoms with Gasteiger partial charge in [-0.05, 0) is 50.8 Å². The molecule has 1 aromatic carbocycles. The van der Waals surface area contributed by atoms with Crippen molar-refractivity contribution in [2.24, 2.45) is 0 Å². The van der Waals surface area contributed by atoms with Crippen LogP contribution in [-0.2, 0) is 5.41 Å². The first-order chi connectivity index (χ1) is 12.4. The molecule has 2 heterocycles. The molecule has 0 unspecified atom stereocenters. The Balaban J connectivity index is 1.70. The number of benzene rings is 1. The average molecular weight is 348 g/mol. The van der Waals surface area contributed by atoms with E-state index in [2.05, 4.69) is 16.4 Å². The lowest BCUT2D eigenvalue weighted by Crippen LogP contribution is -2.46. The van der Waals surface area contributed by atoms with E-state index in [1.807, 2.05) is 57.2 Å². The molecule has 26 heavy (non-hydrogen) atoms. The molecule has 1 N–H and O–H groups in total. The molecule has 0 radical (unpaired) electrons. The first-order valence-electron chi connectivity index (χ1n) is 8.93. The summed E-state index contributed by atoms with van der Waals surface area (Å²) in [7, 11) is 0. The third-order valence-corrected chi connectivity index (χ3v) is 5.20. The first kappa shape index (κ1) is 17.9. The maximum absolute atomic E-state index is 12.7. The number of aromatic nitrogens is 1. The summed E-state index contributed by atoms with van der Waals surface area (Å²) >= 11 is 0. The fraction of sp³-hybridized carbons (Fsp3) is 0.381. The van der Waals surface area contributed by atoms with Gasteiger partial charge in [0, 0.05) is 18.8 Å². The third kappa shape index (κ3) is 3.41. The second kappa shape index (κ2) is 7.17. The molecule has 134 valence electrons. The zero-order valence-corrected chi connectivity index (χ0v) is 15.5. The lowest BCUT2D eigenvalue weighted by atomic mass is 9.74. The van der Waals surface area contributed by atoms with Crippen LogP contribution in [0.2, 0.25) is 0 Å². The lowest BCUT2D eigenvalue weighted by molar-refractivity contribution is 0.183. The second-order valence-electron chi connectivity index (χ2n) is 7.02. The van der Waals surface area contributed by atoms with Crippen molar-refractivity contribution < 1.29 is 4.79 Å². The molecular formula is C21H24N4O. The number of urea groups is 1. The van der Waals surface area contributed by atoms with E-state index in [-0.39, 0.29) is 6.03 Å². The lowest BCUT2D eigenvalue weighted by Gasteiger charge is -2.37. The Hall–Kier alpha value is -2.87. The Bertz CT molecular complexity index is 823. The Morgan fingerprint density at radius 2 is 1.85 bits per heavy atom. The molecule has 0 bridgehead atoms. The normalized spacial score (nSPS) is 16.0. The zero-order chi connectivity index (χ0) is 18.7. The van der Waals surface area contributed by atoms with E-state index in [0.29, 0.717) is 25.9 Å². The molecule has 0 spiro atoms. The number of amides is 2. The maximum atomic E-state index is 12.7. The molecule has 1 saturated heterocycles. The highest BCUT2D eigenvalue weighted by Crippen LogP contribution is 2.35. The summed E-state index contributed by atoms with van der Waals surface area (Å²) in [6.07, 6.45) is 1.29. The number of pyridine rings is 1. The number of nitrogens with zero attached hydrogens (tertiary/aromatic N) is 3. The van der Waals surface area contributed by atoms with Gasteiger partial charge < -0.3 is 10.2 Å². The standard InChI is InChI=1S/C21H24N4O/c1-15-13-16(2)23-17(3)19(15)24-20(26)25-11-9-21(14-22,10-12-25)18-7-5-4-6-8-18/h4-8,13H,9-12H2,1-3H3,(H,24,26). The topological polar surface area (TPSA) is 69.0 Å². The van der Waals surface area contributed by atoms with Crippen molar-refractivity contribution >= 4 is 11.7 Å². The van der Waals surface area contributed by atoms with Gasteiger partial charge in [0.15, 0.2) is 0 Å². The van der Waals surface area contributed by atoms with Gasteiger partial charge in [0.05, 0.1) is 22.9 Å². The largest absolute Gasteiger partial charge is 0.324 e. The summed E-state index contributed by atoms with van der Waals surface area (Å²) < 4.78 is 0. The molecule has 1 aliphatic rings. The molecule has 2 amide bonds. The van der Waals surface area contributed by atoms with E-state index in [0.717, 1.165) is 28.2 Å². The summed E-state index contributed by atoms with van der Waals surface area (Å²) in [6, 6.07) is 14.2. The summed E-state index contributed by atoms with van der Waals surface area (Å²) in [5.74, 6) is 0. The quantitative estimate of drug-likeness (QED) is 0.888. The highest BCUT2D eigenvalue weighted by atomic mass is 16.2. The van der Waals surface area contributed by atoms with Crippen molar-refractivity contribution in [1.82, 2.24) is 9.88 Å². The van der Waals surface area contributed by atoms with Gasteiger partial charge in [-0.3, -0.25) is 4.98 Å². The van der Waals surface area contributed by atoms with Crippen LogP contribution in [0, 0.1) is 32.1 Å². The zero-order valence-electron chi connectivity index (χ0n) is 15.5. The van der Waals surface area contributed by atoms with Gasteiger partial charge in [0.25, 0.3) is 0 Å². The minimum Gasteiger partial charge on any atom is -0.324 e. The summed E-state index contributed by atoms with van der Waals surface area (Å²) in [6.45, 7) is 6.95. The molecule has 3 rings (SSSR count). The van der Waals surface area contributed by atoms with Crippen molar-refractivity contribution in [2.75, 3.05) is 18.4 Å². The van der Waals surface area contributed by atoms with Crippen molar-refractivity contribution in [2.45, 2.75) is 39.0 Å². The Morgan fingerprint density at radius 3 is 2.42 bits per heavy atom. The number of nitriles is 1. The number of aryl methyl sites for hydroxylation is 3. The number of piperidine rings is 1. The van der Waals surface area contributed by atoms with E-state index in [9.17, 15) is 10.1 Å². The van der Waals surface area contributed by atoms with Gasteiger partial charge in [-0.15, -0.1) is 0 Å². The monoisotopic (exact) mass is 348 g/mol. The van der Waals surface area contributed by atoms with Crippen LogP contribution in [0.4, 0.5) is 10.5 Å². The maximum Gasteiger partial charge on any atom is 0.321 e. The van der Waals surface area contributed by atoms with E-state index in [1.54, 1.807) is 4.90 Å². The summed E-state index contributed by atoms with van der Waals surface area (Å²) in [5.41, 5.74) is 4.09. The molecule has 1 aromatic heterocycles. The van der Waals surface area contributed by atoms with Gasteiger partial charge in [-0.25, -0.2) is 4.79 Å². The minimum atomic E-state index is -0.505. The SMILES string of the molecule is Cc1cc(C)c(NC(=O)N2CCC(C#N)(c3ccccc3)CC2)c(C)n1. The number of carbonyl (C=O) groups is 1. The van der Waals surface area contributed by atoms with Crippen LogP contribution >= 0.6 is 0 Å². The summed E-state index contributed by atoms with van der Waals surface area (Å²) in [4.78, 5) is 18.9. The Labute approximate surface area is 154 Å². The smallest absolute Gasteiger partial charge is 0.321 e. The highest BCUT2D eigenvalue weighted by molar-refractivity contribution is 5.90. The molecule has 5 nitrogen and oxygen atoms in total. The third-order valence-electron chi connectivity index (χ3n) is 5.20. The van der Waals surface area contributed by atoms with Crippen molar-refractivity contribution in [3.05, 3.63) is 58.9 Å². The van der Waals surface area contributed by atoms with Crippen molar-refractivity contribution in [3.8, 4) is 6.07 Å². The van der Waals surface area contributed by atoms with Gasteiger partial charge in [0.2, 0.25) is 0 Å². The number of hydrogen-bond acceptors (Lipinski definition) is 3. The van der Waals surface area contributed by atoms with E-state index in [1.165, 1.54) is 0 Å². The molecule has 0 aliphatic carbocycles. The molecule has 1 fully saturated rings. The molecule has 2 aromatic rings.